The van der Waals surface area contributed by atoms with Crippen molar-refractivity contribution in [3.63, 3.8) is 0 Å². The van der Waals surface area contributed by atoms with Crippen molar-refractivity contribution in [3.05, 3.63) is 203 Å². The van der Waals surface area contributed by atoms with Crippen LogP contribution in [0.25, 0.3) is 17.2 Å². The van der Waals surface area contributed by atoms with Crippen LogP contribution in [0.1, 0.15) is 56.2 Å². The third kappa shape index (κ3) is 5.88. The molecule has 0 unspecified atom stereocenters. The summed E-state index contributed by atoms with van der Waals surface area (Å²) in [5.74, 6) is 0. The van der Waals surface area contributed by atoms with Gasteiger partial charge in [0.05, 0.1) is 22.7 Å². The Morgan fingerprint density at radius 3 is 1.53 bits per heavy atom. The third-order valence-corrected chi connectivity index (χ3v) is 14.6. The molecular formula is C53H42N2S2. The van der Waals surface area contributed by atoms with E-state index in [-0.39, 0.29) is 5.41 Å². The van der Waals surface area contributed by atoms with Crippen LogP contribution in [0.5, 0.6) is 0 Å². The molecule has 2 aliphatic heterocycles. The monoisotopic (exact) mass is 770 g/mol. The molecule has 2 nitrogen and oxygen atoms in total. The lowest BCUT2D eigenvalue weighted by Gasteiger charge is -2.35. The molecule has 4 heteroatoms. The lowest BCUT2D eigenvalue weighted by atomic mass is 9.81. The summed E-state index contributed by atoms with van der Waals surface area (Å²) >= 11 is 3.73. The number of para-hydroxylation sites is 4. The summed E-state index contributed by atoms with van der Waals surface area (Å²) in [6, 6.07) is 49.3. The molecule has 0 N–H and O–H groups in total. The number of nitrogens with zero attached hydrogens (tertiary/aromatic N) is 2. The van der Waals surface area contributed by atoms with Gasteiger partial charge in [-0.05, 0) is 137 Å². The molecule has 0 saturated heterocycles. The Kier molecular flexibility index (Phi) is 8.34. The van der Waals surface area contributed by atoms with E-state index in [4.69, 9.17) is 0 Å². The lowest BCUT2D eigenvalue weighted by Crippen LogP contribution is -2.21. The summed E-state index contributed by atoms with van der Waals surface area (Å²) in [4.78, 5) is 10.1. The molecule has 0 aromatic heterocycles. The Morgan fingerprint density at radius 1 is 0.474 bits per heavy atom. The van der Waals surface area contributed by atoms with Gasteiger partial charge in [-0.1, -0.05) is 141 Å². The predicted octanol–water partition coefficient (Wildman–Crippen LogP) is 15.5. The van der Waals surface area contributed by atoms with E-state index in [0.29, 0.717) is 0 Å². The van der Waals surface area contributed by atoms with Gasteiger partial charge in [0.1, 0.15) is 0 Å². The number of anilines is 5. The van der Waals surface area contributed by atoms with Gasteiger partial charge in [0, 0.05) is 36.4 Å². The first-order chi connectivity index (χ1) is 28.0. The van der Waals surface area contributed by atoms with Gasteiger partial charge < -0.3 is 9.80 Å². The van der Waals surface area contributed by atoms with E-state index >= 15 is 0 Å². The van der Waals surface area contributed by atoms with Gasteiger partial charge >= 0.3 is 0 Å². The standard InChI is InChI=1S/C53H42N2S2/c1-53(2)43-33-36(23-31-41(43)42-32-30-40(34-44(42)53)55-47-13-5-9-17-51(47)57-52-18-10-6-14-48(52)55)20-19-35-21-24-37(25-22-35)38-26-28-39(29-27-38)54-45-11-3-7-15-49(45)56-50-16-8-4-12-46(50)54/h3-21,23-24,26,28,30-34H,22,25,27,29H2,1-2H3/b20-19+. The lowest BCUT2D eigenvalue weighted by molar-refractivity contribution is 0.660. The highest BCUT2D eigenvalue weighted by Gasteiger charge is 2.37. The van der Waals surface area contributed by atoms with Crippen molar-refractivity contribution < 1.29 is 0 Å². The number of allylic oxidation sites excluding steroid dienone is 9. The zero-order chi connectivity index (χ0) is 38.1. The van der Waals surface area contributed by atoms with Crippen LogP contribution in [-0.4, -0.2) is 0 Å². The summed E-state index contributed by atoms with van der Waals surface area (Å²) in [6.45, 7) is 4.78. The highest BCUT2D eigenvalue weighted by molar-refractivity contribution is 8.00. The fraction of sp³-hybridized carbons (Fsp3) is 0.132. The molecule has 6 aromatic rings. The Bertz CT molecular complexity index is 2710. The second-order valence-corrected chi connectivity index (χ2v) is 18.2. The third-order valence-electron chi connectivity index (χ3n) is 12.3. The number of fused-ring (bicyclic) bond motifs is 7. The number of hydrogen-bond acceptors (Lipinski definition) is 4. The van der Waals surface area contributed by atoms with Crippen molar-refractivity contribution in [3.8, 4) is 11.1 Å². The normalized spacial score (nSPS) is 17.3. The van der Waals surface area contributed by atoms with E-state index in [2.05, 4.69) is 194 Å². The molecule has 0 fully saturated rings. The predicted molar refractivity (Wildman–Crippen MR) is 242 cm³/mol. The van der Waals surface area contributed by atoms with Crippen LogP contribution >= 0.6 is 23.5 Å². The molecule has 0 atom stereocenters. The van der Waals surface area contributed by atoms with Gasteiger partial charge in [0.15, 0.2) is 0 Å². The molecule has 11 rings (SSSR count). The number of rotatable bonds is 5. The van der Waals surface area contributed by atoms with Crippen molar-refractivity contribution in [1.29, 1.82) is 0 Å². The highest BCUT2D eigenvalue weighted by atomic mass is 32.2. The van der Waals surface area contributed by atoms with Crippen LogP contribution in [0.15, 0.2) is 206 Å². The van der Waals surface area contributed by atoms with E-state index in [1.807, 2.05) is 23.5 Å². The van der Waals surface area contributed by atoms with Gasteiger partial charge in [0.2, 0.25) is 0 Å². The summed E-state index contributed by atoms with van der Waals surface area (Å²) in [7, 11) is 0. The van der Waals surface area contributed by atoms with Gasteiger partial charge in [-0.2, -0.15) is 0 Å². The van der Waals surface area contributed by atoms with E-state index in [9.17, 15) is 0 Å². The minimum atomic E-state index is -0.113. The second-order valence-electron chi connectivity index (χ2n) is 16.0. The van der Waals surface area contributed by atoms with Crippen LogP contribution < -0.4 is 9.80 Å². The molecule has 0 saturated carbocycles. The SMILES string of the molecule is CC1(C)c2cc(/C=C/C3=CC=C(C4=CC=C(N5c6ccccc6Sc6ccccc65)CC4)CC3)ccc2-c2ccc(N3c4ccccc4Sc4ccccc43)cc21. The number of hydrogen-bond donors (Lipinski definition) is 0. The zero-order valence-electron chi connectivity index (χ0n) is 32.2. The van der Waals surface area contributed by atoms with Crippen molar-refractivity contribution in [1.82, 2.24) is 0 Å². The highest BCUT2D eigenvalue weighted by Crippen LogP contribution is 2.55. The van der Waals surface area contributed by atoms with E-state index in [1.54, 1.807) is 0 Å². The number of benzene rings is 6. The molecule has 276 valence electrons. The first kappa shape index (κ1) is 34.6. The van der Waals surface area contributed by atoms with E-state index in [1.165, 1.54) is 98.3 Å². The molecule has 5 aliphatic rings. The Hall–Kier alpha value is -5.68. The maximum atomic E-state index is 2.48. The largest absolute Gasteiger partial charge is 0.312 e. The van der Waals surface area contributed by atoms with E-state index in [0.717, 1.165) is 25.7 Å². The molecule has 3 aliphatic carbocycles. The van der Waals surface area contributed by atoms with Crippen molar-refractivity contribution in [2.45, 2.75) is 64.5 Å². The summed E-state index contributed by atoms with van der Waals surface area (Å²) in [5, 5.41) is 0. The minimum Gasteiger partial charge on any atom is -0.312 e. The smallest absolute Gasteiger partial charge is 0.0601 e. The minimum absolute atomic E-state index is 0.113. The second kappa shape index (κ2) is 13.8. The molecule has 57 heavy (non-hydrogen) atoms. The molecule has 6 aromatic carbocycles. The van der Waals surface area contributed by atoms with Crippen molar-refractivity contribution >= 4 is 58.0 Å². The average molecular weight is 771 g/mol. The van der Waals surface area contributed by atoms with Gasteiger partial charge in [-0.25, -0.2) is 0 Å². The molecule has 2 heterocycles. The maximum Gasteiger partial charge on any atom is 0.0601 e. The Morgan fingerprint density at radius 2 is 0.982 bits per heavy atom. The van der Waals surface area contributed by atoms with Crippen LogP contribution in [0, 0.1) is 0 Å². The Labute approximate surface area is 344 Å². The molecule has 0 amide bonds. The van der Waals surface area contributed by atoms with Crippen LogP contribution in [0.3, 0.4) is 0 Å². The zero-order valence-corrected chi connectivity index (χ0v) is 33.8. The average Bonchev–Trinajstić information content (AvgIpc) is 3.48. The first-order valence-electron chi connectivity index (χ1n) is 20.1. The fourth-order valence-electron chi connectivity index (χ4n) is 9.33. The topological polar surface area (TPSA) is 6.48 Å². The van der Waals surface area contributed by atoms with Gasteiger partial charge in [-0.15, -0.1) is 0 Å². The molecular weight excluding hydrogens is 729 g/mol. The van der Waals surface area contributed by atoms with Crippen LogP contribution in [0.2, 0.25) is 0 Å². The van der Waals surface area contributed by atoms with Crippen molar-refractivity contribution in [2.24, 2.45) is 0 Å². The van der Waals surface area contributed by atoms with Crippen LogP contribution in [-0.2, 0) is 5.41 Å². The molecule has 0 radical (unpaired) electrons. The van der Waals surface area contributed by atoms with Gasteiger partial charge in [0.25, 0.3) is 0 Å². The first-order valence-corrected chi connectivity index (χ1v) is 21.7. The summed E-state index contributed by atoms with van der Waals surface area (Å²) in [5.41, 5.74) is 18.6. The summed E-state index contributed by atoms with van der Waals surface area (Å²) < 4.78 is 0. The fourth-order valence-corrected chi connectivity index (χ4v) is 11.4. The van der Waals surface area contributed by atoms with Crippen molar-refractivity contribution in [2.75, 3.05) is 9.80 Å². The maximum absolute atomic E-state index is 2.48. The Balaban J connectivity index is 0.829. The molecule has 0 spiro atoms. The van der Waals surface area contributed by atoms with E-state index < -0.39 is 0 Å². The molecule has 0 bridgehead atoms. The van der Waals surface area contributed by atoms with Crippen LogP contribution in [0.4, 0.5) is 28.4 Å². The van der Waals surface area contributed by atoms with Gasteiger partial charge in [-0.3, -0.25) is 0 Å². The quantitative estimate of drug-likeness (QED) is 0.172. The summed E-state index contributed by atoms with van der Waals surface area (Å²) in [6.07, 6.45) is 18.3.